The lowest BCUT2D eigenvalue weighted by molar-refractivity contribution is 0.280. The van der Waals surface area contributed by atoms with Crippen molar-refractivity contribution in [2.24, 2.45) is 20.5 Å². The number of hydrogen-bond acceptors (Lipinski definition) is 19. The van der Waals surface area contributed by atoms with Crippen LogP contribution in [0.5, 0.6) is 5.75 Å². The van der Waals surface area contributed by atoms with Crippen molar-refractivity contribution >= 4 is 83.6 Å². The Bertz CT molecular complexity index is 2660. The Morgan fingerprint density at radius 3 is 1.42 bits per heavy atom. The molecule has 0 aliphatic heterocycles. The van der Waals surface area contributed by atoms with Crippen LogP contribution in [-0.4, -0.2) is 111 Å². The van der Waals surface area contributed by atoms with Gasteiger partial charge in [0, 0.05) is 51.0 Å². The summed E-state index contributed by atoms with van der Waals surface area (Å²) in [6.45, 7) is 12.3. The maximum Gasteiger partial charge on any atom is 0.294 e. The summed E-state index contributed by atoms with van der Waals surface area (Å²) in [5, 5.41) is 44.1. The molecule has 0 saturated carbocycles. The smallest absolute Gasteiger partial charge is 0.294 e. The van der Waals surface area contributed by atoms with Gasteiger partial charge in [-0.2, -0.15) is 42.0 Å². The number of nitrogens with zero attached hydrogens (tertiary/aromatic N) is 10. The second-order valence-electron chi connectivity index (χ2n) is 13.8. The van der Waals surface area contributed by atoms with Crippen LogP contribution in [0.1, 0.15) is 33.3 Å². The molecule has 0 atom stereocenters. The fourth-order valence-corrected chi connectivity index (χ4v) is 7.45. The summed E-state index contributed by atoms with van der Waals surface area (Å²) in [7, 11) is -7.31. The highest BCUT2D eigenvalue weighted by Crippen LogP contribution is 2.41. The van der Waals surface area contributed by atoms with E-state index >= 15 is 0 Å². The topological polar surface area (TPSA) is 280 Å². The van der Waals surface area contributed by atoms with Gasteiger partial charge in [0.05, 0.1) is 58.6 Å². The van der Waals surface area contributed by atoms with Gasteiger partial charge in [0.1, 0.15) is 17.1 Å². The molecule has 4 aromatic carbocycles. The Morgan fingerprint density at radius 2 is 1.02 bits per heavy atom. The Balaban J connectivity index is 1.66. The van der Waals surface area contributed by atoms with Crippen molar-refractivity contribution in [2.75, 3.05) is 84.9 Å². The van der Waals surface area contributed by atoms with Gasteiger partial charge in [-0.3, -0.25) is 9.11 Å². The zero-order chi connectivity index (χ0) is 46.6. The van der Waals surface area contributed by atoms with E-state index in [1.807, 2.05) is 46.8 Å². The average molecular weight is 921 g/mol. The third kappa shape index (κ3) is 12.4. The van der Waals surface area contributed by atoms with Gasteiger partial charge in [0.15, 0.2) is 0 Å². The summed E-state index contributed by atoms with van der Waals surface area (Å²) in [5.74, 6) is 0.647. The highest BCUT2D eigenvalue weighted by molar-refractivity contribution is 7.86. The largest absolute Gasteiger partial charge is 0.494 e. The number of hydrogen-bond donors (Lipinski definition) is 6. The van der Waals surface area contributed by atoms with Crippen LogP contribution in [0.25, 0.3) is 0 Å². The van der Waals surface area contributed by atoms with Crippen LogP contribution in [0, 0.1) is 6.92 Å². The van der Waals surface area contributed by atoms with E-state index in [2.05, 4.69) is 45.9 Å². The van der Waals surface area contributed by atoms with Crippen LogP contribution < -0.4 is 30.1 Å². The van der Waals surface area contributed by atoms with Crippen LogP contribution >= 0.6 is 0 Å². The maximum absolute atomic E-state index is 11.6. The highest BCUT2D eigenvalue weighted by Gasteiger charge is 2.20. The molecule has 0 fully saturated rings. The van der Waals surface area contributed by atoms with E-state index in [0.717, 1.165) is 11.3 Å². The molecule has 0 radical (unpaired) electrons. The van der Waals surface area contributed by atoms with Crippen molar-refractivity contribution < 1.29 is 40.9 Å². The number of ether oxygens (including phenoxy) is 1. The molecule has 0 amide bonds. The first-order valence-electron chi connectivity index (χ1n) is 20.2. The molecule has 6 N–H and O–H groups in total. The Hall–Kier alpha value is -6.37. The molecule has 21 nitrogen and oxygen atoms in total. The molecule has 0 aliphatic rings. The summed E-state index contributed by atoms with van der Waals surface area (Å²) < 4.78 is 71.1. The second kappa shape index (κ2) is 21.8. The number of aromatic nitrogens is 3. The number of nitrogens with one attached hydrogen (secondary N) is 2. The molecule has 0 saturated heterocycles. The van der Waals surface area contributed by atoms with E-state index in [0.29, 0.717) is 60.4 Å². The number of benzene rings is 4. The SMILES string of the molecule is CCN(CC)c1cc(Nc2nc(Nc3cc(N(CC)CC)c(OC)cc3N=Nc3ccc(S(=O)(=O)O)cc3)nc(N(CCO)CCO)n2)c(N=Nc2ccc(S(=O)(=O)O)cc2)cc1C. The fourth-order valence-electron chi connectivity index (χ4n) is 6.49. The molecule has 23 heteroatoms. The highest BCUT2D eigenvalue weighted by atomic mass is 32.2. The van der Waals surface area contributed by atoms with E-state index < -0.39 is 20.2 Å². The van der Waals surface area contributed by atoms with E-state index in [1.165, 1.54) is 55.6 Å². The van der Waals surface area contributed by atoms with Gasteiger partial charge >= 0.3 is 0 Å². The molecule has 0 unspecified atom stereocenters. The normalized spacial score (nSPS) is 11.9. The van der Waals surface area contributed by atoms with E-state index in [1.54, 1.807) is 17.0 Å². The van der Waals surface area contributed by atoms with Crippen LogP contribution in [0.3, 0.4) is 0 Å². The Morgan fingerprint density at radius 1 is 0.594 bits per heavy atom. The van der Waals surface area contributed by atoms with Crippen molar-refractivity contribution in [2.45, 2.75) is 44.4 Å². The van der Waals surface area contributed by atoms with E-state index in [-0.39, 0.29) is 65.3 Å². The number of rotatable bonds is 22. The molecule has 1 heterocycles. The van der Waals surface area contributed by atoms with Crippen LogP contribution in [0.4, 0.5) is 63.3 Å². The quantitative estimate of drug-likeness (QED) is 0.0290. The fraction of sp³-hybridized carbons (Fsp3) is 0.341. The van der Waals surface area contributed by atoms with Gasteiger partial charge in [0.25, 0.3) is 20.2 Å². The monoisotopic (exact) mass is 920 g/mol. The Kier molecular flexibility index (Phi) is 16.6. The first-order valence-corrected chi connectivity index (χ1v) is 23.0. The van der Waals surface area contributed by atoms with Crippen molar-refractivity contribution in [1.82, 2.24) is 15.0 Å². The summed E-state index contributed by atoms with van der Waals surface area (Å²) in [6.07, 6.45) is 0. The number of aliphatic hydroxyl groups is 2. The molecule has 342 valence electrons. The summed E-state index contributed by atoms with van der Waals surface area (Å²) in [5.41, 5.74) is 4.57. The molecular formula is C41H52N12O9S2. The number of methoxy groups -OCH3 is 1. The first-order chi connectivity index (χ1) is 30.5. The number of aryl methyl sites for hydroxylation is 1. The lowest BCUT2D eigenvalue weighted by Gasteiger charge is -2.25. The molecule has 0 aliphatic carbocycles. The van der Waals surface area contributed by atoms with Gasteiger partial charge < -0.3 is 40.3 Å². The van der Waals surface area contributed by atoms with Crippen molar-refractivity contribution in [3.05, 3.63) is 78.4 Å². The first kappa shape index (κ1) is 48.7. The van der Waals surface area contributed by atoms with Crippen LogP contribution in [0.2, 0.25) is 0 Å². The second-order valence-corrected chi connectivity index (χ2v) is 16.7. The lowest BCUT2D eigenvalue weighted by atomic mass is 10.1. The maximum atomic E-state index is 11.6. The molecule has 5 rings (SSSR count). The van der Waals surface area contributed by atoms with Gasteiger partial charge in [-0.25, -0.2) is 0 Å². The lowest BCUT2D eigenvalue weighted by Crippen LogP contribution is -2.31. The van der Waals surface area contributed by atoms with Crippen molar-refractivity contribution in [3.63, 3.8) is 0 Å². The predicted molar refractivity (Wildman–Crippen MR) is 245 cm³/mol. The van der Waals surface area contributed by atoms with Gasteiger partial charge in [-0.05, 0) is 107 Å². The van der Waals surface area contributed by atoms with Crippen molar-refractivity contribution in [3.8, 4) is 5.75 Å². The van der Waals surface area contributed by atoms with Crippen molar-refractivity contribution in [1.29, 1.82) is 0 Å². The summed E-state index contributed by atoms with van der Waals surface area (Å²) in [6, 6.07) is 17.6. The summed E-state index contributed by atoms with van der Waals surface area (Å²) >= 11 is 0. The zero-order valence-electron chi connectivity index (χ0n) is 36.2. The van der Waals surface area contributed by atoms with Gasteiger partial charge in [-0.1, -0.05) is 0 Å². The average Bonchev–Trinajstić information content (AvgIpc) is 3.26. The molecule has 0 spiro atoms. The van der Waals surface area contributed by atoms with E-state index in [4.69, 9.17) is 14.7 Å². The van der Waals surface area contributed by atoms with Gasteiger partial charge in [0.2, 0.25) is 17.8 Å². The van der Waals surface area contributed by atoms with Gasteiger partial charge in [-0.15, -0.1) is 10.2 Å². The third-order valence-electron chi connectivity index (χ3n) is 9.77. The molecule has 5 aromatic rings. The predicted octanol–water partition coefficient (Wildman–Crippen LogP) is 7.48. The van der Waals surface area contributed by atoms with E-state index in [9.17, 15) is 36.2 Å². The number of anilines is 7. The van der Waals surface area contributed by atoms with Crippen LogP contribution in [0.15, 0.2) is 103 Å². The standard InChI is InChI=1S/C41H52N12O9S2/c1-7-51(8-2)36-24-32(34(23-27(36)5)49-47-28-11-15-30(16-12-28)63(56,57)58)42-39-44-40(46-41(45-39)53(19-21-54)20-22-55)43-33-25-37(52(9-3)10-4)38(62-6)26-35(33)50-48-29-13-17-31(18-14-29)64(59,60)61/h11-18,23-26,54-55H,7-10,19-22H2,1-6H3,(H,56,57,58)(H,59,60,61)(H2,42,43,44,45,46). The molecule has 64 heavy (non-hydrogen) atoms. The number of azo groups is 2. The van der Waals surface area contributed by atoms with Crippen LogP contribution in [-0.2, 0) is 20.2 Å². The third-order valence-corrected chi connectivity index (χ3v) is 11.5. The zero-order valence-corrected chi connectivity index (χ0v) is 37.8. The minimum absolute atomic E-state index is 0.0242. The Labute approximate surface area is 372 Å². The minimum Gasteiger partial charge on any atom is -0.494 e. The number of aliphatic hydroxyl groups excluding tert-OH is 2. The minimum atomic E-state index is -4.42. The summed E-state index contributed by atoms with van der Waals surface area (Å²) in [4.78, 5) is 19.3. The molecule has 1 aromatic heterocycles. The molecular weight excluding hydrogens is 869 g/mol. The molecule has 0 bridgehead atoms.